The van der Waals surface area contributed by atoms with Crippen molar-refractivity contribution in [2.45, 2.75) is 26.3 Å². The Balaban J connectivity index is 1.89. The normalized spacial score (nSPS) is 20.9. The van der Waals surface area contributed by atoms with Crippen molar-refractivity contribution in [1.82, 2.24) is 14.7 Å². The lowest BCUT2D eigenvalue weighted by Gasteiger charge is -2.15. The summed E-state index contributed by atoms with van der Waals surface area (Å²) in [5, 5.41) is 13.0. The zero-order chi connectivity index (χ0) is 12.4. The third-order valence-corrected chi connectivity index (χ3v) is 3.56. The first-order chi connectivity index (χ1) is 8.06. The van der Waals surface area contributed by atoms with Crippen molar-refractivity contribution < 1.29 is 9.90 Å². The summed E-state index contributed by atoms with van der Waals surface area (Å²) in [6.07, 6.45) is 3.19. The molecule has 17 heavy (non-hydrogen) atoms. The van der Waals surface area contributed by atoms with E-state index in [0.717, 1.165) is 26.1 Å². The van der Waals surface area contributed by atoms with Crippen molar-refractivity contribution in [3.8, 4) is 0 Å². The third kappa shape index (κ3) is 2.85. The summed E-state index contributed by atoms with van der Waals surface area (Å²) in [6.45, 7) is 4.83. The molecule has 94 valence electrons. The monoisotopic (exact) mass is 237 g/mol. The van der Waals surface area contributed by atoms with Crippen LogP contribution in [0.15, 0.2) is 6.20 Å². The summed E-state index contributed by atoms with van der Waals surface area (Å²) in [4.78, 5) is 13.0. The first-order valence-corrected chi connectivity index (χ1v) is 5.98. The molecular weight excluding hydrogens is 218 g/mol. The van der Waals surface area contributed by atoms with Crippen molar-refractivity contribution in [2.24, 2.45) is 13.0 Å². The quantitative estimate of drug-likeness (QED) is 0.849. The second-order valence-corrected chi connectivity index (χ2v) is 4.87. The fourth-order valence-corrected chi connectivity index (χ4v) is 2.41. The molecule has 0 aromatic carbocycles. The molecule has 0 bridgehead atoms. The first kappa shape index (κ1) is 12.1. The molecule has 0 saturated carbocycles. The maximum Gasteiger partial charge on any atom is 0.303 e. The maximum atomic E-state index is 10.6. The molecule has 1 N–H and O–H groups in total. The summed E-state index contributed by atoms with van der Waals surface area (Å²) in [6, 6.07) is 0. The van der Waals surface area contributed by atoms with Gasteiger partial charge in [0.25, 0.3) is 0 Å². The lowest BCUT2D eigenvalue weighted by Crippen LogP contribution is -2.21. The van der Waals surface area contributed by atoms with E-state index in [4.69, 9.17) is 5.11 Å². The average Bonchev–Trinajstić information content (AvgIpc) is 2.80. The van der Waals surface area contributed by atoms with E-state index in [1.54, 1.807) is 0 Å². The van der Waals surface area contributed by atoms with Crippen LogP contribution in [0.25, 0.3) is 0 Å². The smallest absolute Gasteiger partial charge is 0.303 e. The van der Waals surface area contributed by atoms with Crippen LogP contribution in [0.1, 0.15) is 24.1 Å². The molecule has 5 heteroatoms. The van der Waals surface area contributed by atoms with Crippen LogP contribution in [0.5, 0.6) is 0 Å². The number of likely N-dealkylation sites (tertiary alicyclic amines) is 1. The lowest BCUT2D eigenvalue weighted by atomic mass is 10.1. The highest BCUT2D eigenvalue weighted by molar-refractivity contribution is 5.67. The molecule has 5 nitrogen and oxygen atoms in total. The molecule has 2 heterocycles. The minimum Gasteiger partial charge on any atom is -0.481 e. The van der Waals surface area contributed by atoms with E-state index in [1.807, 2.05) is 17.9 Å². The van der Waals surface area contributed by atoms with Gasteiger partial charge in [0.2, 0.25) is 0 Å². The Hall–Kier alpha value is -1.36. The number of carboxylic acid groups (broad SMARTS) is 1. The molecule has 0 radical (unpaired) electrons. The van der Waals surface area contributed by atoms with E-state index in [-0.39, 0.29) is 0 Å². The number of hydrogen-bond acceptors (Lipinski definition) is 3. The Morgan fingerprint density at radius 1 is 1.65 bits per heavy atom. The van der Waals surface area contributed by atoms with Crippen molar-refractivity contribution in [2.75, 3.05) is 13.1 Å². The molecule has 0 amide bonds. The molecule has 1 aliphatic heterocycles. The van der Waals surface area contributed by atoms with Gasteiger partial charge in [-0.05, 0) is 25.8 Å². The summed E-state index contributed by atoms with van der Waals surface area (Å²) in [5.74, 6) is -0.376. The SMILES string of the molecule is Cc1c(CN2CCC(CC(=O)O)C2)cnn1C. The van der Waals surface area contributed by atoms with Crippen molar-refractivity contribution in [3.05, 3.63) is 17.5 Å². The van der Waals surface area contributed by atoms with E-state index >= 15 is 0 Å². The Bertz CT molecular complexity index is 414. The van der Waals surface area contributed by atoms with Crippen LogP contribution in [0.4, 0.5) is 0 Å². The van der Waals surface area contributed by atoms with Gasteiger partial charge in [0.1, 0.15) is 0 Å². The van der Waals surface area contributed by atoms with E-state index in [9.17, 15) is 4.79 Å². The molecule has 1 aromatic rings. The molecule has 1 fully saturated rings. The van der Waals surface area contributed by atoms with Crippen LogP contribution in [0, 0.1) is 12.8 Å². The number of nitrogens with zero attached hydrogens (tertiary/aromatic N) is 3. The van der Waals surface area contributed by atoms with Gasteiger partial charge in [-0.2, -0.15) is 5.10 Å². The topological polar surface area (TPSA) is 58.4 Å². The zero-order valence-corrected chi connectivity index (χ0v) is 10.4. The van der Waals surface area contributed by atoms with Gasteiger partial charge in [-0.1, -0.05) is 0 Å². The zero-order valence-electron chi connectivity index (χ0n) is 10.4. The third-order valence-electron chi connectivity index (χ3n) is 3.56. The molecule has 1 aliphatic rings. The van der Waals surface area contributed by atoms with Crippen LogP contribution in [0.3, 0.4) is 0 Å². The van der Waals surface area contributed by atoms with Gasteiger partial charge in [0.15, 0.2) is 0 Å². The van der Waals surface area contributed by atoms with Crippen molar-refractivity contribution in [3.63, 3.8) is 0 Å². The van der Waals surface area contributed by atoms with E-state index < -0.39 is 5.97 Å². The van der Waals surface area contributed by atoms with Gasteiger partial charge in [0.05, 0.1) is 6.20 Å². The van der Waals surface area contributed by atoms with E-state index in [2.05, 4.69) is 16.9 Å². The summed E-state index contributed by atoms with van der Waals surface area (Å²) < 4.78 is 1.88. The fourth-order valence-electron chi connectivity index (χ4n) is 2.41. The minimum absolute atomic E-state index is 0.294. The number of aromatic nitrogens is 2. The average molecular weight is 237 g/mol. The van der Waals surface area contributed by atoms with Gasteiger partial charge < -0.3 is 5.11 Å². The van der Waals surface area contributed by atoms with E-state index in [1.165, 1.54) is 11.3 Å². The Labute approximate surface area is 101 Å². The molecule has 1 atom stereocenters. The number of carbonyl (C=O) groups is 1. The van der Waals surface area contributed by atoms with Crippen LogP contribution in [-0.4, -0.2) is 38.8 Å². The first-order valence-electron chi connectivity index (χ1n) is 5.98. The second kappa shape index (κ2) is 4.87. The summed E-state index contributed by atoms with van der Waals surface area (Å²) >= 11 is 0. The van der Waals surface area contributed by atoms with Crippen LogP contribution in [-0.2, 0) is 18.4 Å². The van der Waals surface area contributed by atoms with Crippen LogP contribution >= 0.6 is 0 Å². The highest BCUT2D eigenvalue weighted by atomic mass is 16.4. The van der Waals surface area contributed by atoms with Crippen LogP contribution in [0.2, 0.25) is 0 Å². The summed E-state index contributed by atoms with van der Waals surface area (Å²) in [7, 11) is 1.94. The number of carboxylic acids is 1. The maximum absolute atomic E-state index is 10.6. The number of hydrogen-bond donors (Lipinski definition) is 1. The molecule has 0 aliphatic carbocycles. The summed E-state index contributed by atoms with van der Waals surface area (Å²) in [5.41, 5.74) is 2.43. The van der Waals surface area contributed by atoms with Gasteiger partial charge in [-0.3, -0.25) is 14.4 Å². The Morgan fingerprint density at radius 2 is 2.41 bits per heavy atom. The standard InChI is InChI=1S/C12H19N3O2/c1-9-11(6-13-14(9)2)8-15-4-3-10(7-15)5-12(16)17/h6,10H,3-5,7-8H2,1-2H3,(H,16,17). The second-order valence-electron chi connectivity index (χ2n) is 4.87. The van der Waals surface area contributed by atoms with Gasteiger partial charge in [0, 0.05) is 37.8 Å². The van der Waals surface area contributed by atoms with Gasteiger partial charge in [-0.25, -0.2) is 0 Å². The largest absolute Gasteiger partial charge is 0.481 e. The predicted molar refractivity (Wildman–Crippen MR) is 63.6 cm³/mol. The molecule has 0 spiro atoms. The predicted octanol–water partition coefficient (Wildman–Crippen LogP) is 1.03. The highest BCUT2D eigenvalue weighted by Crippen LogP contribution is 2.22. The molecule has 2 rings (SSSR count). The number of rotatable bonds is 4. The Morgan fingerprint density at radius 3 is 3.00 bits per heavy atom. The molecule has 1 saturated heterocycles. The number of aliphatic carboxylic acids is 1. The Kier molecular flexibility index (Phi) is 3.47. The number of aryl methyl sites for hydroxylation is 1. The molecule has 1 unspecified atom stereocenters. The minimum atomic E-state index is -0.686. The van der Waals surface area contributed by atoms with E-state index in [0.29, 0.717) is 12.3 Å². The van der Waals surface area contributed by atoms with Crippen molar-refractivity contribution in [1.29, 1.82) is 0 Å². The fraction of sp³-hybridized carbons (Fsp3) is 0.667. The molecular formula is C12H19N3O2. The van der Waals surface area contributed by atoms with Crippen LogP contribution < -0.4 is 0 Å². The highest BCUT2D eigenvalue weighted by Gasteiger charge is 2.24. The lowest BCUT2D eigenvalue weighted by molar-refractivity contribution is -0.138. The van der Waals surface area contributed by atoms with Gasteiger partial charge >= 0.3 is 5.97 Å². The molecule has 1 aromatic heterocycles. The van der Waals surface area contributed by atoms with Crippen molar-refractivity contribution >= 4 is 5.97 Å². The van der Waals surface area contributed by atoms with Gasteiger partial charge in [-0.15, -0.1) is 0 Å².